The van der Waals surface area contributed by atoms with Gasteiger partial charge in [-0.15, -0.1) is 0 Å². The number of nitrogens with zero attached hydrogens (tertiary/aromatic N) is 1. The molecular weight excluding hydrogens is 460 g/mol. The Morgan fingerprint density at radius 3 is 2.35 bits per heavy atom. The molecule has 3 aromatic rings. The Labute approximate surface area is 197 Å². The van der Waals surface area contributed by atoms with Crippen molar-refractivity contribution in [2.45, 2.75) is 38.0 Å². The van der Waals surface area contributed by atoms with Crippen molar-refractivity contribution in [3.8, 4) is 5.75 Å². The molecule has 178 valence electrons. The van der Waals surface area contributed by atoms with Gasteiger partial charge in [0.15, 0.2) is 0 Å². The number of benzene rings is 3. The number of amides is 1. The standard InChI is InChI=1S/C24H24N2O7S/c1-17(2)32-16-19-6-3-5-18(13-19)15-25-24(27)20-9-11-22(12-10-20)33-34(30,31)23-8-4-7-21(14-23)26(28)29/h3-14,17H,15-16H2,1-2H3,(H,25,27). The minimum atomic E-state index is -4.28. The zero-order valence-corrected chi connectivity index (χ0v) is 19.4. The molecule has 0 aromatic heterocycles. The van der Waals surface area contributed by atoms with Crippen molar-refractivity contribution < 1.29 is 27.1 Å². The van der Waals surface area contributed by atoms with E-state index in [1.54, 1.807) is 0 Å². The lowest BCUT2D eigenvalue weighted by molar-refractivity contribution is -0.385. The quantitative estimate of drug-likeness (QED) is 0.259. The second-order valence-electron chi connectivity index (χ2n) is 7.68. The molecule has 0 aliphatic carbocycles. The summed E-state index contributed by atoms with van der Waals surface area (Å²) in [4.78, 5) is 22.3. The van der Waals surface area contributed by atoms with E-state index in [1.807, 2.05) is 38.1 Å². The first-order valence-corrected chi connectivity index (χ1v) is 11.8. The Kier molecular flexibility index (Phi) is 7.98. The molecule has 9 nitrogen and oxygen atoms in total. The highest BCUT2D eigenvalue weighted by Crippen LogP contribution is 2.22. The summed E-state index contributed by atoms with van der Waals surface area (Å²) in [6.07, 6.45) is 0.122. The summed E-state index contributed by atoms with van der Waals surface area (Å²) in [7, 11) is -4.28. The summed E-state index contributed by atoms with van der Waals surface area (Å²) >= 11 is 0. The Morgan fingerprint density at radius 2 is 1.68 bits per heavy atom. The Morgan fingerprint density at radius 1 is 1.00 bits per heavy atom. The van der Waals surface area contributed by atoms with Crippen molar-refractivity contribution in [2.75, 3.05) is 0 Å². The van der Waals surface area contributed by atoms with Gasteiger partial charge in [0.1, 0.15) is 10.6 Å². The van der Waals surface area contributed by atoms with E-state index in [4.69, 9.17) is 8.92 Å². The number of carbonyl (C=O) groups is 1. The molecule has 0 unspecified atom stereocenters. The van der Waals surface area contributed by atoms with Gasteiger partial charge in [-0.1, -0.05) is 30.3 Å². The van der Waals surface area contributed by atoms with Gasteiger partial charge in [-0.2, -0.15) is 8.42 Å². The maximum atomic E-state index is 12.5. The van der Waals surface area contributed by atoms with E-state index in [0.29, 0.717) is 18.7 Å². The minimum Gasteiger partial charge on any atom is -0.379 e. The molecule has 0 spiro atoms. The van der Waals surface area contributed by atoms with Crippen LogP contribution in [0.5, 0.6) is 5.75 Å². The molecule has 0 atom stereocenters. The summed E-state index contributed by atoms with van der Waals surface area (Å²) in [6.45, 7) is 4.72. The first-order valence-electron chi connectivity index (χ1n) is 10.4. The van der Waals surface area contributed by atoms with Crippen LogP contribution in [0.25, 0.3) is 0 Å². The molecule has 1 N–H and O–H groups in total. The zero-order chi connectivity index (χ0) is 24.7. The summed E-state index contributed by atoms with van der Waals surface area (Å²) in [5.74, 6) is -0.363. The van der Waals surface area contributed by atoms with Crippen LogP contribution >= 0.6 is 0 Å². The van der Waals surface area contributed by atoms with Crippen molar-refractivity contribution in [2.24, 2.45) is 0 Å². The second-order valence-corrected chi connectivity index (χ2v) is 9.23. The number of ether oxygens (including phenoxy) is 1. The van der Waals surface area contributed by atoms with Crippen LogP contribution in [0, 0.1) is 10.1 Å². The fourth-order valence-corrected chi connectivity index (χ4v) is 3.94. The van der Waals surface area contributed by atoms with Crippen molar-refractivity contribution in [1.29, 1.82) is 0 Å². The third kappa shape index (κ3) is 6.87. The normalized spacial score (nSPS) is 11.3. The first-order chi connectivity index (χ1) is 16.1. The highest BCUT2D eigenvalue weighted by Gasteiger charge is 2.20. The van der Waals surface area contributed by atoms with Crippen LogP contribution in [0.4, 0.5) is 5.69 Å². The average Bonchev–Trinajstić information content (AvgIpc) is 2.82. The molecule has 0 radical (unpaired) electrons. The molecule has 0 heterocycles. The van der Waals surface area contributed by atoms with E-state index < -0.39 is 15.0 Å². The van der Waals surface area contributed by atoms with Crippen molar-refractivity contribution >= 4 is 21.7 Å². The molecule has 3 aromatic carbocycles. The smallest absolute Gasteiger partial charge is 0.339 e. The van der Waals surface area contributed by atoms with E-state index in [2.05, 4.69) is 5.32 Å². The maximum Gasteiger partial charge on any atom is 0.339 e. The van der Waals surface area contributed by atoms with E-state index >= 15 is 0 Å². The van der Waals surface area contributed by atoms with E-state index in [9.17, 15) is 23.3 Å². The largest absolute Gasteiger partial charge is 0.379 e. The lowest BCUT2D eigenvalue weighted by Gasteiger charge is -2.10. The van der Waals surface area contributed by atoms with Crippen molar-refractivity contribution in [3.63, 3.8) is 0 Å². The molecule has 0 bridgehead atoms. The number of nitro groups is 1. The van der Waals surface area contributed by atoms with Crippen LogP contribution in [-0.2, 0) is 28.0 Å². The fraction of sp³-hybridized carbons (Fsp3) is 0.208. The van der Waals surface area contributed by atoms with Crippen molar-refractivity contribution in [1.82, 2.24) is 5.32 Å². The van der Waals surface area contributed by atoms with E-state index in [-0.39, 0.29) is 28.3 Å². The van der Waals surface area contributed by atoms with Gasteiger partial charge in [0.25, 0.3) is 11.6 Å². The number of hydrogen-bond donors (Lipinski definition) is 1. The Bertz CT molecular complexity index is 1270. The predicted octanol–water partition coefficient (Wildman–Crippen LogP) is 4.22. The lowest BCUT2D eigenvalue weighted by Crippen LogP contribution is -2.22. The lowest BCUT2D eigenvalue weighted by atomic mass is 10.1. The molecule has 0 fully saturated rings. The highest BCUT2D eigenvalue weighted by atomic mass is 32.2. The molecular formula is C24H24N2O7S. The molecule has 34 heavy (non-hydrogen) atoms. The molecule has 0 saturated carbocycles. The Balaban J connectivity index is 1.61. The number of rotatable bonds is 10. The Hall–Kier alpha value is -3.76. The van der Waals surface area contributed by atoms with Crippen LogP contribution in [-0.4, -0.2) is 25.4 Å². The van der Waals surface area contributed by atoms with E-state index in [0.717, 1.165) is 17.2 Å². The monoisotopic (exact) mass is 484 g/mol. The molecule has 3 rings (SSSR count). The van der Waals surface area contributed by atoms with Gasteiger partial charge < -0.3 is 14.2 Å². The minimum absolute atomic E-state index is 0.0269. The molecule has 0 aliphatic rings. The van der Waals surface area contributed by atoms with E-state index in [1.165, 1.54) is 42.5 Å². The summed E-state index contributed by atoms with van der Waals surface area (Å²) < 4.78 is 35.5. The third-order valence-corrected chi connectivity index (χ3v) is 5.91. The number of hydrogen-bond acceptors (Lipinski definition) is 7. The summed E-state index contributed by atoms with van der Waals surface area (Å²) in [6, 6.07) is 17.8. The maximum absolute atomic E-state index is 12.5. The highest BCUT2D eigenvalue weighted by molar-refractivity contribution is 7.87. The molecule has 1 amide bonds. The van der Waals surface area contributed by atoms with Gasteiger partial charge in [0.05, 0.1) is 17.6 Å². The van der Waals surface area contributed by atoms with Gasteiger partial charge in [-0.05, 0) is 55.3 Å². The topological polar surface area (TPSA) is 125 Å². The summed E-state index contributed by atoms with van der Waals surface area (Å²) in [5.41, 5.74) is 1.88. The van der Waals surface area contributed by atoms with Gasteiger partial charge in [0.2, 0.25) is 0 Å². The van der Waals surface area contributed by atoms with Crippen LogP contribution in [0.15, 0.2) is 77.7 Å². The average molecular weight is 485 g/mol. The predicted molar refractivity (Wildman–Crippen MR) is 125 cm³/mol. The molecule has 0 aliphatic heterocycles. The van der Waals surface area contributed by atoms with Gasteiger partial charge >= 0.3 is 10.1 Å². The molecule has 10 heteroatoms. The third-order valence-electron chi connectivity index (χ3n) is 4.67. The number of nitrogens with one attached hydrogen (secondary N) is 1. The first kappa shape index (κ1) is 24.9. The number of non-ortho nitro benzene ring substituents is 1. The second kappa shape index (κ2) is 10.9. The van der Waals surface area contributed by atoms with Crippen LogP contribution in [0.2, 0.25) is 0 Å². The number of carbonyl (C=O) groups excluding carboxylic acids is 1. The SMILES string of the molecule is CC(C)OCc1cccc(CNC(=O)c2ccc(OS(=O)(=O)c3cccc([N+](=O)[O-])c3)cc2)c1. The van der Waals surface area contributed by atoms with Crippen LogP contribution < -0.4 is 9.50 Å². The fourth-order valence-electron chi connectivity index (χ4n) is 2.97. The van der Waals surface area contributed by atoms with Gasteiger partial charge in [-0.25, -0.2) is 0 Å². The van der Waals surface area contributed by atoms with Crippen LogP contribution in [0.1, 0.15) is 35.3 Å². The van der Waals surface area contributed by atoms with Crippen molar-refractivity contribution in [3.05, 3.63) is 99.6 Å². The van der Waals surface area contributed by atoms with Gasteiger partial charge in [0, 0.05) is 24.2 Å². The number of nitro benzene ring substituents is 1. The summed E-state index contributed by atoms with van der Waals surface area (Å²) in [5, 5.41) is 13.7. The van der Waals surface area contributed by atoms with Gasteiger partial charge in [-0.3, -0.25) is 14.9 Å². The molecule has 0 saturated heterocycles. The zero-order valence-electron chi connectivity index (χ0n) is 18.6. The van der Waals surface area contributed by atoms with Crippen LogP contribution in [0.3, 0.4) is 0 Å².